The van der Waals surface area contributed by atoms with Crippen LogP contribution in [0.5, 0.6) is 5.75 Å². The van der Waals surface area contributed by atoms with Gasteiger partial charge in [-0.1, -0.05) is 15.9 Å². The molecule has 2 aliphatic heterocycles. The van der Waals surface area contributed by atoms with E-state index < -0.39 is 5.60 Å². The average Bonchev–Trinajstić information content (AvgIpc) is 2.88. The fourth-order valence-electron chi connectivity index (χ4n) is 3.19. The van der Waals surface area contributed by atoms with Crippen LogP contribution in [0.15, 0.2) is 28.2 Å². The molecule has 4 nitrogen and oxygen atoms in total. The Bertz CT molecular complexity index is 655. The number of amides is 1. The fraction of sp³-hybridized carbons (Fsp3) is 0.471. The molecule has 3 rings (SSSR count). The van der Waals surface area contributed by atoms with E-state index in [4.69, 9.17) is 9.47 Å². The minimum absolute atomic E-state index is 0.182. The van der Waals surface area contributed by atoms with Gasteiger partial charge in [0.15, 0.2) is 5.60 Å². The van der Waals surface area contributed by atoms with Gasteiger partial charge in [0.1, 0.15) is 5.75 Å². The van der Waals surface area contributed by atoms with E-state index in [9.17, 15) is 4.79 Å². The first-order valence-corrected chi connectivity index (χ1v) is 8.25. The quantitative estimate of drug-likeness (QED) is 0.821. The van der Waals surface area contributed by atoms with Gasteiger partial charge < -0.3 is 14.4 Å². The zero-order chi connectivity index (χ0) is 15.9. The molecule has 118 valence electrons. The third-order valence-electron chi connectivity index (χ3n) is 4.44. The van der Waals surface area contributed by atoms with Gasteiger partial charge in [0.2, 0.25) is 5.91 Å². The molecule has 1 fully saturated rings. The fourth-order valence-corrected chi connectivity index (χ4v) is 3.55. The summed E-state index contributed by atoms with van der Waals surface area (Å²) in [6.07, 6.45) is 1.52. The van der Waals surface area contributed by atoms with E-state index in [1.54, 1.807) is 7.11 Å². The Kier molecular flexibility index (Phi) is 4.03. The number of likely N-dealkylation sites (tertiary alicyclic amines) is 1. The second kappa shape index (κ2) is 5.70. The Hall–Kier alpha value is -1.33. The molecule has 2 heterocycles. The highest BCUT2D eigenvalue weighted by molar-refractivity contribution is 9.10. The van der Waals surface area contributed by atoms with Crippen molar-refractivity contribution in [1.82, 2.24) is 4.90 Å². The first kappa shape index (κ1) is 15.6. The number of carbonyl (C=O) groups is 1. The predicted molar refractivity (Wildman–Crippen MR) is 88.6 cm³/mol. The summed E-state index contributed by atoms with van der Waals surface area (Å²) in [6, 6.07) is 5.92. The summed E-state index contributed by atoms with van der Waals surface area (Å²) in [4.78, 5) is 14.2. The highest BCUT2D eigenvalue weighted by Crippen LogP contribution is 2.44. The average molecular weight is 366 g/mol. The highest BCUT2D eigenvalue weighted by atomic mass is 79.9. The maximum Gasteiger partial charge on any atom is 0.227 e. The molecule has 1 aromatic rings. The molecule has 5 heteroatoms. The maximum atomic E-state index is 12.3. The highest BCUT2D eigenvalue weighted by Gasteiger charge is 2.40. The minimum atomic E-state index is -0.562. The summed E-state index contributed by atoms with van der Waals surface area (Å²) in [6.45, 7) is 5.25. The molecular weight excluding hydrogens is 346 g/mol. The monoisotopic (exact) mass is 365 g/mol. The van der Waals surface area contributed by atoms with Crippen LogP contribution in [0, 0.1) is 0 Å². The van der Waals surface area contributed by atoms with E-state index >= 15 is 0 Å². The van der Waals surface area contributed by atoms with Gasteiger partial charge in [0, 0.05) is 30.1 Å². The second-order valence-electron chi connectivity index (χ2n) is 6.03. The predicted octanol–water partition coefficient (Wildman–Crippen LogP) is 3.60. The summed E-state index contributed by atoms with van der Waals surface area (Å²) in [5.74, 6) is 0.977. The lowest BCUT2D eigenvalue weighted by atomic mass is 9.89. The maximum absolute atomic E-state index is 12.3. The number of benzene rings is 1. The topological polar surface area (TPSA) is 38.8 Å². The normalized spacial score (nSPS) is 24.5. The molecule has 0 spiro atoms. The van der Waals surface area contributed by atoms with Crippen LogP contribution in [0.4, 0.5) is 0 Å². The molecule has 0 saturated carbocycles. The van der Waals surface area contributed by atoms with E-state index in [2.05, 4.69) is 15.9 Å². The Morgan fingerprint density at radius 2 is 2.23 bits per heavy atom. The zero-order valence-corrected chi connectivity index (χ0v) is 14.7. The van der Waals surface area contributed by atoms with Crippen LogP contribution < -0.4 is 4.74 Å². The smallest absolute Gasteiger partial charge is 0.227 e. The third-order valence-corrected chi connectivity index (χ3v) is 4.94. The number of methoxy groups -OCH3 is 1. The largest absolute Gasteiger partial charge is 0.480 e. The van der Waals surface area contributed by atoms with Gasteiger partial charge >= 0.3 is 0 Å². The van der Waals surface area contributed by atoms with Crippen LogP contribution in [0.25, 0.3) is 5.70 Å². The molecule has 0 radical (unpaired) electrons. The van der Waals surface area contributed by atoms with Gasteiger partial charge in [0.25, 0.3) is 0 Å². The van der Waals surface area contributed by atoms with E-state index in [1.807, 2.05) is 36.9 Å². The molecule has 0 aromatic heterocycles. The number of halogens is 1. The Labute approximate surface area is 139 Å². The number of rotatable bonds is 3. The molecule has 1 saturated heterocycles. The van der Waals surface area contributed by atoms with Crippen LogP contribution >= 0.6 is 15.9 Å². The number of nitrogens with zero attached hydrogens (tertiary/aromatic N) is 1. The summed E-state index contributed by atoms with van der Waals surface area (Å²) < 4.78 is 12.5. The standard InChI is InChI=1S/C17H20BrNO3/c1-11-16(19-8-4-5-15(19)20)13-9-12(18)6-7-14(13)22-17(11,2)10-21-3/h6-7,9H,4-5,8,10H2,1-3H3. The summed E-state index contributed by atoms with van der Waals surface area (Å²) in [5.41, 5.74) is 2.42. The molecule has 0 aliphatic carbocycles. The van der Waals surface area contributed by atoms with Crippen molar-refractivity contribution >= 4 is 27.5 Å². The second-order valence-corrected chi connectivity index (χ2v) is 6.94. The molecule has 0 N–H and O–H groups in total. The molecule has 1 aromatic carbocycles. The van der Waals surface area contributed by atoms with E-state index in [-0.39, 0.29) is 5.91 Å². The van der Waals surface area contributed by atoms with Crippen molar-refractivity contribution in [2.75, 3.05) is 20.3 Å². The molecule has 1 unspecified atom stereocenters. The number of carbonyl (C=O) groups excluding carboxylic acids is 1. The number of ether oxygens (including phenoxy) is 2. The molecule has 0 bridgehead atoms. The lowest BCUT2D eigenvalue weighted by Gasteiger charge is -2.40. The number of hydrogen-bond acceptors (Lipinski definition) is 3. The van der Waals surface area contributed by atoms with Crippen molar-refractivity contribution in [2.45, 2.75) is 32.3 Å². The molecule has 1 atom stereocenters. The SMILES string of the molecule is COCC1(C)Oc2ccc(Br)cc2C(N2CCCC2=O)=C1C. The van der Waals surface area contributed by atoms with E-state index in [0.29, 0.717) is 13.0 Å². The Morgan fingerprint density at radius 3 is 2.86 bits per heavy atom. The van der Waals surface area contributed by atoms with Crippen molar-refractivity contribution in [1.29, 1.82) is 0 Å². The van der Waals surface area contributed by atoms with Crippen molar-refractivity contribution in [2.24, 2.45) is 0 Å². The van der Waals surface area contributed by atoms with Gasteiger partial charge in [-0.25, -0.2) is 0 Å². The summed E-state index contributed by atoms with van der Waals surface area (Å²) >= 11 is 3.51. The van der Waals surface area contributed by atoms with Crippen molar-refractivity contribution < 1.29 is 14.3 Å². The first-order valence-electron chi connectivity index (χ1n) is 7.46. The Morgan fingerprint density at radius 1 is 1.45 bits per heavy atom. The van der Waals surface area contributed by atoms with E-state index in [0.717, 1.165) is 40.0 Å². The van der Waals surface area contributed by atoms with Crippen molar-refractivity contribution in [3.8, 4) is 5.75 Å². The minimum Gasteiger partial charge on any atom is -0.480 e. The number of hydrogen-bond donors (Lipinski definition) is 0. The van der Waals surface area contributed by atoms with Crippen LogP contribution in [-0.2, 0) is 9.53 Å². The van der Waals surface area contributed by atoms with Crippen LogP contribution in [0.2, 0.25) is 0 Å². The van der Waals surface area contributed by atoms with Gasteiger partial charge in [-0.3, -0.25) is 4.79 Å². The van der Waals surface area contributed by atoms with E-state index in [1.165, 1.54) is 0 Å². The zero-order valence-electron chi connectivity index (χ0n) is 13.1. The van der Waals surface area contributed by atoms with Gasteiger partial charge in [-0.15, -0.1) is 0 Å². The molecule has 1 amide bonds. The van der Waals surface area contributed by atoms with Crippen LogP contribution in [0.1, 0.15) is 32.3 Å². The lowest BCUT2D eigenvalue weighted by molar-refractivity contribution is -0.125. The molecular formula is C17H20BrNO3. The van der Waals surface area contributed by atoms with Gasteiger partial charge in [0.05, 0.1) is 12.3 Å². The van der Waals surface area contributed by atoms with Crippen LogP contribution in [-0.4, -0.2) is 36.7 Å². The van der Waals surface area contributed by atoms with Crippen molar-refractivity contribution in [3.63, 3.8) is 0 Å². The number of fused-ring (bicyclic) bond motifs is 1. The van der Waals surface area contributed by atoms with Crippen LogP contribution in [0.3, 0.4) is 0 Å². The molecule has 2 aliphatic rings. The molecule has 22 heavy (non-hydrogen) atoms. The summed E-state index contributed by atoms with van der Waals surface area (Å²) in [7, 11) is 1.67. The van der Waals surface area contributed by atoms with Gasteiger partial charge in [-0.05, 0) is 44.0 Å². The van der Waals surface area contributed by atoms with Crippen molar-refractivity contribution in [3.05, 3.63) is 33.8 Å². The third kappa shape index (κ3) is 2.46. The lowest BCUT2D eigenvalue weighted by Crippen LogP contribution is -2.43. The Balaban J connectivity index is 2.19. The van der Waals surface area contributed by atoms with Gasteiger partial charge in [-0.2, -0.15) is 0 Å². The first-order chi connectivity index (χ1) is 10.5. The summed E-state index contributed by atoms with van der Waals surface area (Å²) in [5, 5.41) is 0.